The van der Waals surface area contributed by atoms with Gasteiger partial charge in [0, 0.05) is 24.0 Å². The van der Waals surface area contributed by atoms with Crippen LogP contribution in [0, 0.1) is 0 Å². The molecule has 2 N–H and O–H groups in total. The zero-order chi connectivity index (χ0) is 11.0. The van der Waals surface area contributed by atoms with Crippen molar-refractivity contribution in [2.75, 3.05) is 0 Å². The van der Waals surface area contributed by atoms with E-state index in [1.165, 1.54) is 56.9 Å². The molecule has 2 heteroatoms. The number of rotatable bonds is 1. The molecule has 1 heterocycles. The minimum absolute atomic E-state index is 0.300. The molecule has 0 amide bonds. The van der Waals surface area contributed by atoms with E-state index in [1.54, 1.807) is 5.69 Å². The van der Waals surface area contributed by atoms with Crippen LogP contribution in [0.1, 0.15) is 68.3 Å². The van der Waals surface area contributed by atoms with Gasteiger partial charge in [0.15, 0.2) is 0 Å². The second-order valence-corrected chi connectivity index (χ2v) is 5.42. The van der Waals surface area contributed by atoms with Crippen LogP contribution in [0.4, 0.5) is 0 Å². The van der Waals surface area contributed by atoms with E-state index in [2.05, 4.69) is 16.8 Å². The van der Waals surface area contributed by atoms with E-state index in [9.17, 15) is 0 Å². The molecule has 1 atom stereocenters. The van der Waals surface area contributed by atoms with Gasteiger partial charge in [-0.15, -0.1) is 0 Å². The molecule has 1 saturated carbocycles. The lowest BCUT2D eigenvalue weighted by Crippen LogP contribution is -2.21. The van der Waals surface area contributed by atoms with E-state index in [-0.39, 0.29) is 0 Å². The fourth-order valence-electron chi connectivity index (χ4n) is 3.45. The van der Waals surface area contributed by atoms with Gasteiger partial charge in [-0.3, -0.25) is 0 Å². The Morgan fingerprint density at radius 3 is 2.69 bits per heavy atom. The fourth-order valence-corrected chi connectivity index (χ4v) is 3.45. The first kappa shape index (κ1) is 10.4. The van der Waals surface area contributed by atoms with E-state index in [1.807, 2.05) is 0 Å². The molecule has 1 unspecified atom stereocenters. The summed E-state index contributed by atoms with van der Waals surface area (Å²) in [5, 5.41) is 0. The highest BCUT2D eigenvalue weighted by Gasteiger charge is 2.24. The molecule has 0 bridgehead atoms. The second-order valence-electron chi connectivity index (χ2n) is 5.42. The molecule has 0 spiro atoms. The van der Waals surface area contributed by atoms with Crippen molar-refractivity contribution in [2.45, 2.75) is 63.5 Å². The summed E-state index contributed by atoms with van der Waals surface area (Å²) in [6.07, 6.45) is 13.0. The predicted molar refractivity (Wildman–Crippen MR) is 66.4 cm³/mol. The molecule has 1 aromatic heterocycles. The van der Waals surface area contributed by atoms with Crippen LogP contribution in [0.3, 0.4) is 0 Å². The maximum absolute atomic E-state index is 6.18. The zero-order valence-electron chi connectivity index (χ0n) is 9.99. The predicted octanol–water partition coefficient (Wildman–Crippen LogP) is 3.33. The van der Waals surface area contributed by atoms with Crippen molar-refractivity contribution in [1.29, 1.82) is 0 Å². The summed E-state index contributed by atoms with van der Waals surface area (Å²) in [5.74, 6) is 0. The minimum Gasteiger partial charge on any atom is -0.348 e. The van der Waals surface area contributed by atoms with Crippen molar-refractivity contribution in [3.63, 3.8) is 0 Å². The smallest absolute Gasteiger partial charge is 0.0333 e. The molecule has 1 fully saturated rings. The lowest BCUT2D eigenvalue weighted by molar-refractivity contribution is 0.343. The molecule has 16 heavy (non-hydrogen) atoms. The molecular formula is C14H22N2. The van der Waals surface area contributed by atoms with Gasteiger partial charge in [0.2, 0.25) is 0 Å². The lowest BCUT2D eigenvalue weighted by atomic mass is 9.91. The summed E-state index contributed by atoms with van der Waals surface area (Å²) in [4.78, 5) is 0. The average molecular weight is 218 g/mol. The van der Waals surface area contributed by atoms with Crippen LogP contribution in [0.25, 0.3) is 0 Å². The quantitative estimate of drug-likeness (QED) is 0.770. The number of nitrogens with two attached hydrogens (primary N) is 1. The van der Waals surface area contributed by atoms with E-state index < -0.39 is 0 Å². The van der Waals surface area contributed by atoms with Crippen LogP contribution in [-0.2, 0) is 6.42 Å². The third-order valence-electron chi connectivity index (χ3n) is 4.36. The minimum atomic E-state index is 0.300. The lowest BCUT2D eigenvalue weighted by Gasteiger charge is -2.28. The summed E-state index contributed by atoms with van der Waals surface area (Å²) >= 11 is 0. The third kappa shape index (κ3) is 1.69. The Kier molecular flexibility index (Phi) is 2.76. The normalized spacial score (nSPS) is 26.7. The van der Waals surface area contributed by atoms with E-state index in [0.29, 0.717) is 6.04 Å². The molecule has 0 saturated heterocycles. The van der Waals surface area contributed by atoms with E-state index in [0.717, 1.165) is 6.04 Å². The van der Waals surface area contributed by atoms with Crippen molar-refractivity contribution < 1.29 is 0 Å². The maximum atomic E-state index is 6.18. The Morgan fingerprint density at radius 1 is 1.06 bits per heavy atom. The zero-order valence-corrected chi connectivity index (χ0v) is 9.99. The van der Waals surface area contributed by atoms with Gasteiger partial charge in [-0.25, -0.2) is 0 Å². The molecule has 2 aliphatic rings. The van der Waals surface area contributed by atoms with Gasteiger partial charge in [0.05, 0.1) is 0 Å². The van der Waals surface area contributed by atoms with Gasteiger partial charge in [0.25, 0.3) is 0 Å². The Morgan fingerprint density at radius 2 is 1.88 bits per heavy atom. The van der Waals surface area contributed by atoms with Crippen molar-refractivity contribution in [2.24, 2.45) is 5.73 Å². The van der Waals surface area contributed by atoms with Crippen LogP contribution >= 0.6 is 0 Å². The third-order valence-corrected chi connectivity index (χ3v) is 4.36. The summed E-state index contributed by atoms with van der Waals surface area (Å²) in [5.41, 5.74) is 9.15. The van der Waals surface area contributed by atoms with Gasteiger partial charge >= 0.3 is 0 Å². The van der Waals surface area contributed by atoms with Crippen molar-refractivity contribution in [3.8, 4) is 0 Å². The van der Waals surface area contributed by atoms with Crippen LogP contribution in [-0.4, -0.2) is 4.57 Å². The summed E-state index contributed by atoms with van der Waals surface area (Å²) < 4.78 is 2.55. The topological polar surface area (TPSA) is 30.9 Å². The molecule has 88 valence electrons. The Balaban J connectivity index is 1.89. The molecule has 3 rings (SSSR count). The highest BCUT2D eigenvalue weighted by molar-refractivity contribution is 5.28. The number of nitrogens with zero attached hydrogens (tertiary/aromatic N) is 1. The molecular weight excluding hydrogens is 196 g/mol. The highest BCUT2D eigenvalue weighted by Crippen LogP contribution is 2.35. The summed E-state index contributed by atoms with van der Waals surface area (Å²) in [6.45, 7) is 0. The Hall–Kier alpha value is -0.760. The number of hydrogen-bond acceptors (Lipinski definition) is 1. The van der Waals surface area contributed by atoms with Gasteiger partial charge in [0.1, 0.15) is 0 Å². The van der Waals surface area contributed by atoms with Crippen LogP contribution in [0.5, 0.6) is 0 Å². The van der Waals surface area contributed by atoms with E-state index in [4.69, 9.17) is 5.73 Å². The number of hydrogen-bond donors (Lipinski definition) is 1. The first-order valence-electron chi connectivity index (χ1n) is 6.81. The van der Waals surface area contributed by atoms with Crippen LogP contribution < -0.4 is 5.73 Å². The van der Waals surface area contributed by atoms with Gasteiger partial charge < -0.3 is 10.3 Å². The van der Waals surface area contributed by atoms with Crippen molar-refractivity contribution in [1.82, 2.24) is 4.57 Å². The Bertz CT molecular complexity index is 361. The monoisotopic (exact) mass is 218 g/mol. The SMILES string of the molecule is NC1CCCc2c1ccn2C1CCCCC1. The highest BCUT2D eigenvalue weighted by atomic mass is 15.0. The standard InChI is InChI=1S/C14H22N2/c15-13-7-4-8-14-12(13)9-10-16(14)11-5-2-1-3-6-11/h9-11,13H,1-8,15H2. The van der Waals surface area contributed by atoms with Gasteiger partial charge in [-0.2, -0.15) is 0 Å². The molecule has 2 aliphatic carbocycles. The number of fused-ring (bicyclic) bond motifs is 1. The molecule has 0 aliphatic heterocycles. The van der Waals surface area contributed by atoms with E-state index >= 15 is 0 Å². The molecule has 2 nitrogen and oxygen atoms in total. The summed E-state index contributed by atoms with van der Waals surface area (Å²) in [6, 6.07) is 3.34. The van der Waals surface area contributed by atoms with Crippen molar-refractivity contribution in [3.05, 3.63) is 23.5 Å². The molecule has 1 aromatic rings. The van der Waals surface area contributed by atoms with Gasteiger partial charge in [-0.1, -0.05) is 19.3 Å². The first-order chi connectivity index (χ1) is 7.86. The summed E-state index contributed by atoms with van der Waals surface area (Å²) in [7, 11) is 0. The second kappa shape index (κ2) is 4.25. The Labute approximate surface area is 97.8 Å². The largest absolute Gasteiger partial charge is 0.348 e. The maximum Gasteiger partial charge on any atom is 0.0333 e. The molecule has 0 radical (unpaired) electrons. The van der Waals surface area contributed by atoms with Gasteiger partial charge in [-0.05, 0) is 43.7 Å². The fraction of sp³-hybridized carbons (Fsp3) is 0.714. The number of aromatic nitrogens is 1. The average Bonchev–Trinajstić information content (AvgIpc) is 2.75. The molecule has 0 aromatic carbocycles. The first-order valence-corrected chi connectivity index (χ1v) is 6.81. The van der Waals surface area contributed by atoms with Crippen LogP contribution in [0.15, 0.2) is 12.3 Å². The van der Waals surface area contributed by atoms with Crippen LogP contribution in [0.2, 0.25) is 0 Å². The van der Waals surface area contributed by atoms with Crippen molar-refractivity contribution >= 4 is 0 Å².